The minimum Gasteiger partial charge on any atom is -0.317 e. The number of nitrogens with one attached hydrogen (secondary N) is 2. The molecule has 0 bridgehead atoms. The smallest absolute Gasteiger partial charge is 0.279 e. The molecule has 5 nitrogen and oxygen atoms in total. The highest BCUT2D eigenvalue weighted by atomic mass is 32.2. The van der Waals surface area contributed by atoms with Gasteiger partial charge in [-0.25, -0.2) is 0 Å². The molecule has 0 aromatic heterocycles. The van der Waals surface area contributed by atoms with Crippen molar-refractivity contribution >= 4 is 10.2 Å². The molecule has 2 unspecified atom stereocenters. The van der Waals surface area contributed by atoms with Gasteiger partial charge in [0, 0.05) is 19.1 Å². The van der Waals surface area contributed by atoms with E-state index in [0.717, 1.165) is 38.8 Å². The van der Waals surface area contributed by atoms with Gasteiger partial charge < -0.3 is 5.32 Å². The molecule has 0 spiro atoms. The van der Waals surface area contributed by atoms with Crippen LogP contribution in [0.1, 0.15) is 53.4 Å². The van der Waals surface area contributed by atoms with Crippen LogP contribution in [0, 0.1) is 11.8 Å². The minimum atomic E-state index is -3.35. The fraction of sp³-hybridized carbons (Fsp3) is 1.00. The van der Waals surface area contributed by atoms with Gasteiger partial charge in [-0.15, -0.1) is 0 Å². The largest absolute Gasteiger partial charge is 0.317 e. The molecule has 0 saturated carbocycles. The van der Waals surface area contributed by atoms with Gasteiger partial charge >= 0.3 is 0 Å². The van der Waals surface area contributed by atoms with Crippen molar-refractivity contribution in [2.45, 2.75) is 59.4 Å². The molecule has 1 rings (SSSR count). The van der Waals surface area contributed by atoms with Crippen molar-refractivity contribution in [2.75, 3.05) is 26.2 Å². The fourth-order valence-electron chi connectivity index (χ4n) is 3.16. The van der Waals surface area contributed by atoms with Crippen LogP contribution in [0.5, 0.6) is 0 Å². The number of hydrogen-bond acceptors (Lipinski definition) is 3. The minimum absolute atomic E-state index is 0.000793. The summed E-state index contributed by atoms with van der Waals surface area (Å²) < 4.78 is 29.6. The predicted octanol–water partition coefficient (Wildman–Crippen LogP) is 1.97. The van der Waals surface area contributed by atoms with Gasteiger partial charge in [0.1, 0.15) is 0 Å². The third kappa shape index (κ3) is 5.85. The van der Waals surface area contributed by atoms with Crippen LogP contribution in [0.25, 0.3) is 0 Å². The molecule has 6 heteroatoms. The number of nitrogens with zero attached hydrogens (tertiary/aromatic N) is 1. The molecule has 0 aliphatic carbocycles. The number of rotatable bonds is 9. The van der Waals surface area contributed by atoms with Crippen LogP contribution in [0.4, 0.5) is 0 Å². The van der Waals surface area contributed by atoms with E-state index in [9.17, 15) is 8.42 Å². The van der Waals surface area contributed by atoms with Crippen molar-refractivity contribution in [3.63, 3.8) is 0 Å². The van der Waals surface area contributed by atoms with Gasteiger partial charge in [0.25, 0.3) is 10.2 Å². The van der Waals surface area contributed by atoms with Crippen LogP contribution in [0.15, 0.2) is 0 Å². The quantitative estimate of drug-likeness (QED) is 0.683. The number of piperidine rings is 1. The summed E-state index contributed by atoms with van der Waals surface area (Å²) in [6.07, 6.45) is 4.07. The van der Waals surface area contributed by atoms with Gasteiger partial charge in [-0.1, -0.05) is 33.6 Å². The maximum absolute atomic E-state index is 12.5. The molecule has 2 atom stereocenters. The molecule has 1 fully saturated rings. The van der Waals surface area contributed by atoms with Crippen LogP contribution in [0.2, 0.25) is 0 Å². The Morgan fingerprint density at radius 2 is 1.90 bits per heavy atom. The summed E-state index contributed by atoms with van der Waals surface area (Å²) in [6.45, 7) is 11.4. The molecule has 21 heavy (non-hydrogen) atoms. The molecule has 1 aliphatic heterocycles. The first kappa shape index (κ1) is 18.9. The van der Waals surface area contributed by atoms with Crippen molar-refractivity contribution in [2.24, 2.45) is 11.8 Å². The van der Waals surface area contributed by atoms with E-state index in [0.29, 0.717) is 24.9 Å². The summed E-state index contributed by atoms with van der Waals surface area (Å²) in [5.74, 6) is 0.834. The Morgan fingerprint density at radius 1 is 1.24 bits per heavy atom. The van der Waals surface area contributed by atoms with Crippen molar-refractivity contribution in [3.8, 4) is 0 Å². The van der Waals surface area contributed by atoms with Gasteiger partial charge in [0.2, 0.25) is 0 Å². The average molecular weight is 320 g/mol. The average Bonchev–Trinajstić information content (AvgIpc) is 2.46. The highest BCUT2D eigenvalue weighted by molar-refractivity contribution is 7.87. The normalized spacial score (nSPS) is 22.6. The Kier molecular flexibility index (Phi) is 8.16. The lowest BCUT2D eigenvalue weighted by molar-refractivity contribution is 0.255. The molecule has 126 valence electrons. The molecule has 1 aliphatic rings. The molecule has 1 saturated heterocycles. The molecule has 0 aromatic carbocycles. The van der Waals surface area contributed by atoms with E-state index in [1.54, 1.807) is 4.31 Å². The molecule has 0 radical (unpaired) electrons. The second-order valence-corrected chi connectivity index (χ2v) is 7.86. The zero-order valence-electron chi connectivity index (χ0n) is 14.1. The van der Waals surface area contributed by atoms with E-state index in [4.69, 9.17) is 0 Å². The van der Waals surface area contributed by atoms with Crippen LogP contribution in [-0.4, -0.2) is 44.9 Å². The molecule has 0 amide bonds. The zero-order valence-corrected chi connectivity index (χ0v) is 14.9. The summed E-state index contributed by atoms with van der Waals surface area (Å²) in [6, 6.07) is -0.000793. The summed E-state index contributed by atoms with van der Waals surface area (Å²) in [4.78, 5) is 0. The predicted molar refractivity (Wildman–Crippen MR) is 88.4 cm³/mol. The highest BCUT2D eigenvalue weighted by Crippen LogP contribution is 2.20. The first-order valence-corrected chi connectivity index (χ1v) is 9.86. The van der Waals surface area contributed by atoms with Gasteiger partial charge in [-0.2, -0.15) is 17.4 Å². The fourth-order valence-corrected chi connectivity index (χ4v) is 4.75. The lowest BCUT2D eigenvalue weighted by Crippen LogP contribution is -2.50. The van der Waals surface area contributed by atoms with Crippen LogP contribution in [-0.2, 0) is 10.2 Å². The van der Waals surface area contributed by atoms with Crippen molar-refractivity contribution < 1.29 is 8.42 Å². The SMILES string of the molecule is CCNCC1CCCN(S(=O)(=O)NC(C)C(CC)CC)C1. The molecular weight excluding hydrogens is 286 g/mol. The Balaban J connectivity index is 2.60. The van der Waals surface area contributed by atoms with Crippen LogP contribution in [0.3, 0.4) is 0 Å². The van der Waals surface area contributed by atoms with E-state index < -0.39 is 10.2 Å². The van der Waals surface area contributed by atoms with E-state index in [1.807, 2.05) is 6.92 Å². The number of hydrogen-bond donors (Lipinski definition) is 2. The van der Waals surface area contributed by atoms with Crippen LogP contribution < -0.4 is 10.0 Å². The summed E-state index contributed by atoms with van der Waals surface area (Å²) in [5, 5.41) is 3.33. The lowest BCUT2D eigenvalue weighted by atomic mass is 9.96. The van der Waals surface area contributed by atoms with E-state index in [2.05, 4.69) is 30.8 Å². The Hall–Kier alpha value is -0.170. The maximum atomic E-state index is 12.5. The second-order valence-electron chi connectivity index (χ2n) is 6.16. The third-order valence-corrected chi connectivity index (χ3v) is 6.28. The van der Waals surface area contributed by atoms with E-state index >= 15 is 0 Å². The lowest BCUT2D eigenvalue weighted by Gasteiger charge is -2.33. The van der Waals surface area contributed by atoms with Crippen molar-refractivity contribution in [3.05, 3.63) is 0 Å². The molecule has 2 N–H and O–H groups in total. The topological polar surface area (TPSA) is 61.4 Å². The van der Waals surface area contributed by atoms with Crippen molar-refractivity contribution in [1.29, 1.82) is 0 Å². The van der Waals surface area contributed by atoms with E-state index in [1.165, 1.54) is 0 Å². The summed E-state index contributed by atoms with van der Waals surface area (Å²) in [5.41, 5.74) is 0. The Labute approximate surface area is 131 Å². The maximum Gasteiger partial charge on any atom is 0.279 e. The van der Waals surface area contributed by atoms with Gasteiger partial charge in [0.15, 0.2) is 0 Å². The molecular formula is C15H33N3O2S. The van der Waals surface area contributed by atoms with Gasteiger partial charge in [-0.05, 0) is 44.7 Å². The van der Waals surface area contributed by atoms with Crippen molar-refractivity contribution in [1.82, 2.24) is 14.3 Å². The van der Waals surface area contributed by atoms with Gasteiger partial charge in [0.05, 0.1) is 0 Å². The summed E-state index contributed by atoms with van der Waals surface area (Å²) in [7, 11) is -3.35. The van der Waals surface area contributed by atoms with Crippen LogP contribution >= 0.6 is 0 Å². The Bertz CT molecular complexity index is 382. The summed E-state index contributed by atoms with van der Waals surface area (Å²) >= 11 is 0. The van der Waals surface area contributed by atoms with E-state index in [-0.39, 0.29) is 6.04 Å². The Morgan fingerprint density at radius 3 is 2.48 bits per heavy atom. The zero-order chi connectivity index (χ0) is 15.9. The first-order chi connectivity index (χ1) is 9.94. The monoisotopic (exact) mass is 319 g/mol. The highest BCUT2D eigenvalue weighted by Gasteiger charge is 2.30. The third-order valence-electron chi connectivity index (χ3n) is 4.60. The standard InChI is InChI=1S/C15H33N3O2S/c1-5-15(6-2)13(4)17-21(19,20)18-10-8-9-14(12-18)11-16-7-3/h13-17H,5-12H2,1-4H3. The molecule has 1 heterocycles. The second kappa shape index (κ2) is 9.08. The molecule has 0 aromatic rings. The first-order valence-electron chi connectivity index (χ1n) is 8.42. The van der Waals surface area contributed by atoms with Gasteiger partial charge in [-0.3, -0.25) is 0 Å².